The van der Waals surface area contributed by atoms with Crippen LogP contribution in [0.1, 0.15) is 49.4 Å². The normalized spacial score (nSPS) is 22.0. The maximum Gasteiger partial charge on any atom is 0.272 e. The molecule has 88 valence electrons. The van der Waals surface area contributed by atoms with Crippen LogP contribution in [-0.4, -0.2) is 16.4 Å². The van der Waals surface area contributed by atoms with Gasteiger partial charge in [0.25, 0.3) is 5.56 Å². The van der Waals surface area contributed by atoms with Crippen molar-refractivity contribution in [3.63, 3.8) is 0 Å². The number of H-pyrrole nitrogens is 1. The number of hydrogen-bond donors (Lipinski definition) is 1. The van der Waals surface area contributed by atoms with Crippen LogP contribution in [0.4, 0.5) is 0 Å². The highest BCUT2D eigenvalue weighted by Crippen LogP contribution is 2.27. The van der Waals surface area contributed by atoms with Gasteiger partial charge in [-0.1, -0.05) is 19.3 Å². The highest BCUT2D eigenvalue weighted by Gasteiger charge is 2.23. The van der Waals surface area contributed by atoms with E-state index >= 15 is 0 Å². The molecule has 0 amide bonds. The van der Waals surface area contributed by atoms with Crippen molar-refractivity contribution in [1.29, 1.82) is 0 Å². The van der Waals surface area contributed by atoms with E-state index in [2.05, 4.69) is 5.10 Å². The fourth-order valence-electron chi connectivity index (χ4n) is 2.84. The van der Waals surface area contributed by atoms with Gasteiger partial charge >= 0.3 is 0 Å². The average molecular weight is 222 g/mol. The summed E-state index contributed by atoms with van der Waals surface area (Å²) < 4.78 is 7.20. The van der Waals surface area contributed by atoms with E-state index in [0.717, 1.165) is 37.1 Å². The van der Waals surface area contributed by atoms with E-state index < -0.39 is 0 Å². The molecule has 0 atom stereocenters. The van der Waals surface area contributed by atoms with Crippen molar-refractivity contribution in [3.05, 3.63) is 21.6 Å². The monoisotopic (exact) mass is 222 g/mol. The zero-order valence-corrected chi connectivity index (χ0v) is 9.50. The molecule has 0 bridgehead atoms. The van der Waals surface area contributed by atoms with Gasteiger partial charge < -0.3 is 4.74 Å². The molecule has 4 nitrogen and oxygen atoms in total. The Balaban J connectivity index is 1.94. The van der Waals surface area contributed by atoms with E-state index in [1.54, 1.807) is 0 Å². The number of aromatic amines is 1. The molecule has 3 rings (SSSR count). The lowest BCUT2D eigenvalue weighted by molar-refractivity contribution is 0.109. The summed E-state index contributed by atoms with van der Waals surface area (Å²) in [5, 5.41) is 3.30. The minimum atomic E-state index is 0.154. The highest BCUT2D eigenvalue weighted by molar-refractivity contribution is 5.18. The number of hydrogen-bond acceptors (Lipinski definition) is 2. The van der Waals surface area contributed by atoms with Crippen molar-refractivity contribution in [3.8, 4) is 0 Å². The summed E-state index contributed by atoms with van der Waals surface area (Å²) in [6.07, 6.45) is 6.94. The summed E-state index contributed by atoms with van der Waals surface area (Å²) in [6.45, 7) is 1.22. The van der Waals surface area contributed by atoms with Crippen molar-refractivity contribution in [1.82, 2.24) is 9.78 Å². The van der Waals surface area contributed by atoms with Gasteiger partial charge in [-0.05, 0) is 12.8 Å². The fraction of sp³-hybridized carbons (Fsp3) is 0.750. The highest BCUT2D eigenvalue weighted by atomic mass is 16.5. The first kappa shape index (κ1) is 10.1. The van der Waals surface area contributed by atoms with Crippen molar-refractivity contribution >= 4 is 0 Å². The Labute approximate surface area is 94.6 Å². The zero-order chi connectivity index (χ0) is 11.0. The van der Waals surface area contributed by atoms with E-state index in [0.29, 0.717) is 12.6 Å². The number of nitrogens with zero attached hydrogens (tertiary/aromatic N) is 1. The number of ether oxygens (including phenoxy) is 1. The third-order valence-corrected chi connectivity index (χ3v) is 3.78. The third kappa shape index (κ3) is 1.61. The summed E-state index contributed by atoms with van der Waals surface area (Å²) >= 11 is 0. The van der Waals surface area contributed by atoms with Crippen LogP contribution in [0.5, 0.6) is 0 Å². The quantitative estimate of drug-likeness (QED) is 0.787. The third-order valence-electron chi connectivity index (χ3n) is 3.78. The van der Waals surface area contributed by atoms with E-state index in [4.69, 9.17) is 4.74 Å². The number of nitrogens with one attached hydrogen (secondary N) is 1. The molecule has 1 aromatic rings. The van der Waals surface area contributed by atoms with Gasteiger partial charge in [0.15, 0.2) is 0 Å². The Bertz CT molecular complexity index is 427. The van der Waals surface area contributed by atoms with Crippen LogP contribution < -0.4 is 5.56 Å². The van der Waals surface area contributed by atoms with E-state index in [1.807, 2.05) is 4.68 Å². The second kappa shape index (κ2) is 4.09. The van der Waals surface area contributed by atoms with Gasteiger partial charge in [0, 0.05) is 12.1 Å². The summed E-state index contributed by atoms with van der Waals surface area (Å²) in [5.74, 6) is 0. The first-order chi connectivity index (χ1) is 7.86. The van der Waals surface area contributed by atoms with Crippen molar-refractivity contribution in [2.24, 2.45) is 0 Å². The predicted octanol–water partition coefficient (Wildman–Crippen LogP) is 1.75. The molecular weight excluding hydrogens is 204 g/mol. The molecule has 1 fully saturated rings. The second-order valence-electron chi connectivity index (χ2n) is 4.84. The molecule has 2 aliphatic rings. The minimum absolute atomic E-state index is 0.154. The molecule has 0 radical (unpaired) electrons. The largest absolute Gasteiger partial charge is 0.376 e. The first-order valence-corrected chi connectivity index (χ1v) is 6.26. The Morgan fingerprint density at radius 2 is 2.06 bits per heavy atom. The molecule has 16 heavy (non-hydrogen) atoms. The predicted molar refractivity (Wildman–Crippen MR) is 60.5 cm³/mol. The molecule has 0 aromatic carbocycles. The molecule has 1 aliphatic heterocycles. The fourth-order valence-corrected chi connectivity index (χ4v) is 2.84. The van der Waals surface area contributed by atoms with Crippen molar-refractivity contribution < 1.29 is 4.74 Å². The SMILES string of the molecule is O=c1c2c([nH]n1C1CCCCC1)CCOC2. The first-order valence-electron chi connectivity index (χ1n) is 6.26. The van der Waals surface area contributed by atoms with Gasteiger partial charge in [0.1, 0.15) is 0 Å². The molecule has 0 unspecified atom stereocenters. The summed E-state index contributed by atoms with van der Waals surface area (Å²) in [7, 11) is 0. The maximum absolute atomic E-state index is 12.2. The average Bonchev–Trinajstić information content (AvgIpc) is 2.69. The van der Waals surface area contributed by atoms with E-state index in [-0.39, 0.29) is 5.56 Å². The number of rotatable bonds is 1. The van der Waals surface area contributed by atoms with Gasteiger partial charge in [-0.15, -0.1) is 0 Å². The Kier molecular flexibility index (Phi) is 2.59. The zero-order valence-electron chi connectivity index (χ0n) is 9.50. The lowest BCUT2D eigenvalue weighted by Gasteiger charge is -2.21. The number of aromatic nitrogens is 2. The second-order valence-corrected chi connectivity index (χ2v) is 4.84. The van der Waals surface area contributed by atoms with E-state index in [1.165, 1.54) is 19.3 Å². The smallest absolute Gasteiger partial charge is 0.272 e. The molecule has 1 saturated carbocycles. The molecule has 4 heteroatoms. The summed E-state index contributed by atoms with van der Waals surface area (Å²) in [5.41, 5.74) is 2.11. The van der Waals surface area contributed by atoms with Crippen molar-refractivity contribution in [2.45, 2.75) is 51.2 Å². The molecule has 2 heterocycles. The molecule has 1 N–H and O–H groups in total. The van der Waals surface area contributed by atoms with E-state index in [9.17, 15) is 4.79 Å². The van der Waals surface area contributed by atoms with Crippen molar-refractivity contribution in [2.75, 3.05) is 6.61 Å². The molecule has 1 aliphatic carbocycles. The van der Waals surface area contributed by atoms with Gasteiger partial charge in [-0.2, -0.15) is 0 Å². The Hall–Kier alpha value is -1.03. The minimum Gasteiger partial charge on any atom is -0.376 e. The topological polar surface area (TPSA) is 47.0 Å². The number of fused-ring (bicyclic) bond motifs is 1. The van der Waals surface area contributed by atoms with Gasteiger partial charge in [0.2, 0.25) is 0 Å². The van der Waals surface area contributed by atoms with Crippen LogP contribution in [0.25, 0.3) is 0 Å². The molecule has 1 aromatic heterocycles. The van der Waals surface area contributed by atoms with Gasteiger partial charge in [-0.25, -0.2) is 4.68 Å². The van der Waals surface area contributed by atoms with Crippen LogP contribution in [0.3, 0.4) is 0 Å². The molecule has 0 spiro atoms. The van der Waals surface area contributed by atoms with Gasteiger partial charge in [-0.3, -0.25) is 9.89 Å². The maximum atomic E-state index is 12.2. The van der Waals surface area contributed by atoms with Crippen LogP contribution in [-0.2, 0) is 17.8 Å². The van der Waals surface area contributed by atoms with Crippen LogP contribution in [0.2, 0.25) is 0 Å². The lowest BCUT2D eigenvalue weighted by atomic mass is 9.96. The molecular formula is C12H18N2O2. The van der Waals surface area contributed by atoms with Crippen LogP contribution >= 0.6 is 0 Å². The Morgan fingerprint density at radius 1 is 1.25 bits per heavy atom. The Morgan fingerprint density at radius 3 is 2.81 bits per heavy atom. The van der Waals surface area contributed by atoms with Crippen LogP contribution in [0, 0.1) is 0 Å². The lowest BCUT2D eigenvalue weighted by Crippen LogP contribution is -2.26. The molecule has 0 saturated heterocycles. The van der Waals surface area contributed by atoms with Crippen LogP contribution in [0.15, 0.2) is 4.79 Å². The van der Waals surface area contributed by atoms with Gasteiger partial charge in [0.05, 0.1) is 24.8 Å². The summed E-state index contributed by atoms with van der Waals surface area (Å²) in [6, 6.07) is 0.395. The standard InChI is InChI=1S/C12H18N2O2/c15-12-10-8-16-7-6-11(10)13-14(12)9-4-2-1-3-5-9/h9,13H,1-8H2. The summed E-state index contributed by atoms with van der Waals surface area (Å²) in [4.78, 5) is 12.2.